The van der Waals surface area contributed by atoms with Crippen LogP contribution in [0.2, 0.25) is 0 Å². The van der Waals surface area contributed by atoms with Gasteiger partial charge in [0.1, 0.15) is 0 Å². The first-order valence-corrected chi connectivity index (χ1v) is 6.12. The number of rotatable bonds is 1. The number of fused-ring (bicyclic) bond motifs is 1. The van der Waals surface area contributed by atoms with Crippen LogP contribution in [0.15, 0.2) is 33.8 Å². The van der Waals surface area contributed by atoms with E-state index in [4.69, 9.17) is 5.14 Å². The summed E-state index contributed by atoms with van der Waals surface area (Å²) in [6.45, 7) is 0. The van der Waals surface area contributed by atoms with E-state index in [0.717, 1.165) is 15.4 Å². The third-order valence-electron chi connectivity index (χ3n) is 1.93. The molecular formula is C8H7BrN2O2S. The topological polar surface area (TPSA) is 76.0 Å². The lowest BCUT2D eigenvalue weighted by atomic mass is 10.2. The van der Waals surface area contributed by atoms with E-state index in [0.29, 0.717) is 0 Å². The molecule has 0 bridgehead atoms. The van der Waals surface area contributed by atoms with Crippen LogP contribution in [0.3, 0.4) is 0 Å². The number of hydrogen-bond donors (Lipinski definition) is 2. The number of halogens is 1. The van der Waals surface area contributed by atoms with Crippen LogP contribution in [0.1, 0.15) is 0 Å². The maximum atomic E-state index is 11.1. The normalized spacial score (nSPS) is 12.1. The third kappa shape index (κ3) is 1.56. The van der Waals surface area contributed by atoms with Crippen LogP contribution < -0.4 is 5.14 Å². The molecule has 3 N–H and O–H groups in total. The molecule has 0 spiro atoms. The standard InChI is InChI=1S/C8H7BrN2O2S/c9-7-4-11-8-2-1-5(3-6(7)8)14(10,12)13/h1-4,11H,(H2,10,12,13). The Hall–Kier alpha value is -0.850. The van der Waals surface area contributed by atoms with E-state index < -0.39 is 10.0 Å². The van der Waals surface area contributed by atoms with Gasteiger partial charge < -0.3 is 4.98 Å². The van der Waals surface area contributed by atoms with Gasteiger partial charge in [-0.05, 0) is 34.1 Å². The largest absolute Gasteiger partial charge is 0.360 e. The van der Waals surface area contributed by atoms with Crippen molar-refractivity contribution < 1.29 is 8.42 Å². The van der Waals surface area contributed by atoms with Crippen molar-refractivity contribution in [3.8, 4) is 0 Å². The van der Waals surface area contributed by atoms with Crippen molar-refractivity contribution in [3.63, 3.8) is 0 Å². The Morgan fingerprint density at radius 3 is 2.71 bits per heavy atom. The zero-order valence-corrected chi connectivity index (χ0v) is 9.39. The van der Waals surface area contributed by atoms with Gasteiger partial charge in [-0.2, -0.15) is 0 Å². The number of benzene rings is 1. The molecule has 2 aromatic rings. The van der Waals surface area contributed by atoms with Crippen molar-refractivity contribution >= 4 is 36.9 Å². The molecule has 14 heavy (non-hydrogen) atoms. The number of aromatic nitrogens is 1. The summed E-state index contributed by atoms with van der Waals surface area (Å²) in [5, 5.41) is 5.82. The van der Waals surface area contributed by atoms with Crippen molar-refractivity contribution in [1.29, 1.82) is 0 Å². The van der Waals surface area contributed by atoms with E-state index in [1.165, 1.54) is 12.1 Å². The number of aromatic amines is 1. The van der Waals surface area contributed by atoms with Gasteiger partial charge in [0.15, 0.2) is 0 Å². The van der Waals surface area contributed by atoms with Gasteiger partial charge in [0.2, 0.25) is 10.0 Å². The molecule has 0 saturated carbocycles. The number of nitrogens with one attached hydrogen (secondary N) is 1. The minimum atomic E-state index is -3.62. The summed E-state index contributed by atoms with van der Waals surface area (Å²) in [5.74, 6) is 0. The lowest BCUT2D eigenvalue weighted by Crippen LogP contribution is -2.11. The van der Waals surface area contributed by atoms with Gasteiger partial charge in [-0.25, -0.2) is 13.6 Å². The van der Waals surface area contributed by atoms with Crippen LogP contribution in [0.5, 0.6) is 0 Å². The number of nitrogens with two attached hydrogens (primary N) is 1. The van der Waals surface area contributed by atoms with Crippen LogP contribution in [0.4, 0.5) is 0 Å². The molecule has 0 fully saturated rings. The second-order valence-corrected chi connectivity index (χ2v) is 5.30. The molecule has 4 nitrogen and oxygen atoms in total. The maximum Gasteiger partial charge on any atom is 0.238 e. The Kier molecular flexibility index (Phi) is 2.13. The van der Waals surface area contributed by atoms with Crippen molar-refractivity contribution in [2.45, 2.75) is 4.90 Å². The predicted molar refractivity (Wildman–Crippen MR) is 57.4 cm³/mol. The molecule has 0 aliphatic carbocycles. The average molecular weight is 275 g/mol. The van der Waals surface area contributed by atoms with Crippen molar-refractivity contribution in [3.05, 3.63) is 28.9 Å². The summed E-state index contributed by atoms with van der Waals surface area (Å²) < 4.78 is 22.9. The number of sulfonamides is 1. The summed E-state index contributed by atoms with van der Waals surface area (Å²) in [6, 6.07) is 4.69. The highest BCUT2D eigenvalue weighted by molar-refractivity contribution is 9.10. The molecule has 0 saturated heterocycles. The summed E-state index contributed by atoms with van der Waals surface area (Å²) in [6.07, 6.45) is 1.75. The first-order chi connectivity index (χ1) is 6.48. The van der Waals surface area contributed by atoms with Gasteiger partial charge in [-0.1, -0.05) is 0 Å². The third-order valence-corrected chi connectivity index (χ3v) is 3.50. The Morgan fingerprint density at radius 1 is 1.36 bits per heavy atom. The van der Waals surface area contributed by atoms with Crippen molar-refractivity contribution in [2.75, 3.05) is 0 Å². The molecule has 0 atom stereocenters. The monoisotopic (exact) mass is 274 g/mol. The maximum absolute atomic E-state index is 11.1. The molecule has 74 valence electrons. The molecular weight excluding hydrogens is 268 g/mol. The van der Waals surface area contributed by atoms with Gasteiger partial charge in [0.05, 0.1) is 4.90 Å². The molecule has 0 aliphatic rings. The van der Waals surface area contributed by atoms with Gasteiger partial charge in [0.25, 0.3) is 0 Å². The van der Waals surface area contributed by atoms with E-state index >= 15 is 0 Å². The molecule has 0 radical (unpaired) electrons. The summed E-state index contributed by atoms with van der Waals surface area (Å²) in [7, 11) is -3.62. The predicted octanol–water partition coefficient (Wildman–Crippen LogP) is 1.58. The summed E-state index contributed by atoms with van der Waals surface area (Å²) in [4.78, 5) is 3.10. The SMILES string of the molecule is NS(=O)(=O)c1ccc2[nH]cc(Br)c2c1. The smallest absolute Gasteiger partial charge is 0.238 e. The Labute approximate surface area is 89.3 Å². The van der Waals surface area contributed by atoms with E-state index in [1.807, 2.05) is 0 Å². The molecule has 1 aromatic carbocycles. The fourth-order valence-electron chi connectivity index (χ4n) is 1.24. The second-order valence-electron chi connectivity index (χ2n) is 2.89. The molecule has 0 unspecified atom stereocenters. The minimum Gasteiger partial charge on any atom is -0.360 e. The summed E-state index contributed by atoms with van der Waals surface area (Å²) >= 11 is 3.30. The van der Waals surface area contributed by atoms with Crippen molar-refractivity contribution in [2.24, 2.45) is 5.14 Å². The van der Waals surface area contributed by atoms with Crippen LogP contribution in [0.25, 0.3) is 10.9 Å². The van der Waals surface area contributed by atoms with Crippen molar-refractivity contribution in [1.82, 2.24) is 4.98 Å². The summed E-state index contributed by atoms with van der Waals surface area (Å²) in [5.41, 5.74) is 0.865. The molecule has 1 aromatic heterocycles. The van der Waals surface area contributed by atoms with E-state index in [1.54, 1.807) is 12.3 Å². The quantitative estimate of drug-likeness (QED) is 0.829. The molecule has 0 amide bonds. The number of hydrogen-bond acceptors (Lipinski definition) is 2. The number of H-pyrrole nitrogens is 1. The highest BCUT2D eigenvalue weighted by atomic mass is 79.9. The fraction of sp³-hybridized carbons (Fsp3) is 0. The first-order valence-electron chi connectivity index (χ1n) is 3.78. The number of primary sulfonamides is 1. The van der Waals surface area contributed by atoms with Gasteiger partial charge in [-0.3, -0.25) is 0 Å². The van der Waals surface area contributed by atoms with Crippen LogP contribution in [-0.2, 0) is 10.0 Å². The average Bonchev–Trinajstić information content (AvgIpc) is 2.46. The molecule has 1 heterocycles. The molecule has 0 aliphatic heterocycles. The Balaban J connectivity index is 2.79. The Morgan fingerprint density at radius 2 is 2.07 bits per heavy atom. The second kappa shape index (κ2) is 3.08. The lowest BCUT2D eigenvalue weighted by molar-refractivity contribution is 0.598. The highest BCUT2D eigenvalue weighted by Gasteiger charge is 2.09. The van der Waals surface area contributed by atoms with Crippen LogP contribution in [-0.4, -0.2) is 13.4 Å². The van der Waals surface area contributed by atoms with Gasteiger partial charge in [-0.15, -0.1) is 0 Å². The lowest BCUT2D eigenvalue weighted by Gasteiger charge is -1.97. The molecule has 2 rings (SSSR count). The highest BCUT2D eigenvalue weighted by Crippen LogP contribution is 2.25. The van der Waals surface area contributed by atoms with Crippen LogP contribution in [0, 0.1) is 0 Å². The Bertz CT molecular complexity index is 588. The zero-order chi connectivity index (χ0) is 10.3. The molecule has 6 heteroatoms. The van der Waals surface area contributed by atoms with Gasteiger partial charge >= 0.3 is 0 Å². The fourth-order valence-corrected chi connectivity index (χ4v) is 2.23. The van der Waals surface area contributed by atoms with E-state index in [-0.39, 0.29) is 4.90 Å². The van der Waals surface area contributed by atoms with E-state index in [2.05, 4.69) is 20.9 Å². The van der Waals surface area contributed by atoms with Crippen LogP contribution >= 0.6 is 15.9 Å². The van der Waals surface area contributed by atoms with E-state index in [9.17, 15) is 8.42 Å². The minimum absolute atomic E-state index is 0.116. The van der Waals surface area contributed by atoms with Gasteiger partial charge in [0, 0.05) is 21.6 Å². The first kappa shape index (κ1) is 9.70. The zero-order valence-electron chi connectivity index (χ0n) is 6.99.